The van der Waals surface area contributed by atoms with Crippen molar-refractivity contribution in [3.63, 3.8) is 0 Å². The van der Waals surface area contributed by atoms with Crippen molar-refractivity contribution in [3.05, 3.63) is 50.0 Å². The summed E-state index contributed by atoms with van der Waals surface area (Å²) in [4.78, 5) is 15.6. The highest BCUT2D eigenvalue weighted by molar-refractivity contribution is 7.09. The Morgan fingerprint density at radius 2 is 2.35 bits per heavy atom. The molecule has 0 saturated carbocycles. The van der Waals surface area contributed by atoms with Crippen molar-refractivity contribution in [2.24, 2.45) is 0 Å². The molecule has 1 aromatic heterocycles. The van der Waals surface area contributed by atoms with E-state index in [4.69, 9.17) is 10.00 Å². The smallest absolute Gasteiger partial charge is 0.312 e. The summed E-state index contributed by atoms with van der Waals surface area (Å²) < 4.78 is 5.45. The largest absolute Gasteiger partial charge is 0.486 e. The summed E-state index contributed by atoms with van der Waals surface area (Å²) in [6.07, 6.45) is 0.646. The number of ether oxygens (including phenoxy) is 1. The van der Waals surface area contributed by atoms with Gasteiger partial charge in [0.15, 0.2) is 5.75 Å². The average Bonchev–Trinajstić information content (AvgIpc) is 2.84. The summed E-state index contributed by atoms with van der Waals surface area (Å²) in [6, 6.07) is 6.04. The number of rotatable bonds is 5. The zero-order valence-electron chi connectivity index (χ0n) is 10.7. The van der Waals surface area contributed by atoms with Gasteiger partial charge in [-0.3, -0.25) is 10.1 Å². The molecule has 0 radical (unpaired) electrons. The molecule has 0 amide bonds. The number of benzene rings is 1. The number of thiazole rings is 1. The summed E-state index contributed by atoms with van der Waals surface area (Å²) in [5.74, 6) is 0.177. The molecule has 0 fully saturated rings. The number of nitriles is 1. The molecule has 0 bridgehead atoms. The molecule has 102 valence electrons. The summed E-state index contributed by atoms with van der Waals surface area (Å²) in [5, 5.41) is 19.7. The fraction of sp³-hybridized carbons (Fsp3) is 0.231. The molecule has 7 heteroatoms. The van der Waals surface area contributed by atoms with E-state index >= 15 is 0 Å². The fourth-order valence-electron chi connectivity index (χ4n) is 1.67. The van der Waals surface area contributed by atoms with Gasteiger partial charge < -0.3 is 4.74 Å². The van der Waals surface area contributed by atoms with Crippen LogP contribution in [-0.4, -0.2) is 16.5 Å². The molecule has 1 heterocycles. The van der Waals surface area contributed by atoms with Crippen molar-refractivity contribution >= 4 is 17.0 Å². The fourth-order valence-corrected chi connectivity index (χ4v) is 2.43. The number of nitro benzene ring substituents is 1. The van der Waals surface area contributed by atoms with E-state index in [1.807, 2.05) is 13.0 Å². The van der Waals surface area contributed by atoms with Crippen molar-refractivity contribution in [2.45, 2.75) is 13.3 Å². The maximum absolute atomic E-state index is 10.9. The second-order valence-electron chi connectivity index (χ2n) is 4.01. The second-order valence-corrected chi connectivity index (χ2v) is 4.95. The first-order valence-corrected chi connectivity index (χ1v) is 6.70. The Morgan fingerprint density at radius 3 is 2.95 bits per heavy atom. The van der Waals surface area contributed by atoms with Gasteiger partial charge in [0.1, 0.15) is 0 Å². The monoisotopic (exact) mass is 289 g/mol. The van der Waals surface area contributed by atoms with Gasteiger partial charge >= 0.3 is 5.69 Å². The molecule has 0 saturated heterocycles. The van der Waals surface area contributed by atoms with Gasteiger partial charge in [-0.1, -0.05) is 0 Å². The topological polar surface area (TPSA) is 89.0 Å². The highest BCUT2D eigenvalue weighted by atomic mass is 32.1. The van der Waals surface area contributed by atoms with Gasteiger partial charge in [-0.15, -0.1) is 11.3 Å². The van der Waals surface area contributed by atoms with E-state index < -0.39 is 4.92 Å². The Labute approximate surface area is 119 Å². The number of nitro groups is 1. The molecule has 0 aliphatic carbocycles. The van der Waals surface area contributed by atoms with Gasteiger partial charge in [-0.05, 0) is 19.1 Å². The van der Waals surface area contributed by atoms with Crippen LogP contribution in [0.4, 0.5) is 5.69 Å². The third-order valence-corrected chi connectivity index (χ3v) is 3.71. The van der Waals surface area contributed by atoms with Gasteiger partial charge in [0.25, 0.3) is 0 Å². The predicted octanol–water partition coefficient (Wildman–Crippen LogP) is 2.85. The Kier molecular flexibility index (Phi) is 4.27. The first-order valence-electron chi connectivity index (χ1n) is 5.82. The van der Waals surface area contributed by atoms with Crippen LogP contribution in [0.25, 0.3) is 0 Å². The molecule has 6 nitrogen and oxygen atoms in total. The number of aromatic nitrogens is 1. The highest BCUT2D eigenvalue weighted by Gasteiger charge is 2.16. The molecule has 1 aromatic carbocycles. The van der Waals surface area contributed by atoms with Gasteiger partial charge in [0, 0.05) is 17.4 Å². The van der Waals surface area contributed by atoms with Crippen molar-refractivity contribution < 1.29 is 9.66 Å². The van der Waals surface area contributed by atoms with E-state index in [2.05, 4.69) is 4.98 Å². The Morgan fingerprint density at radius 1 is 1.55 bits per heavy atom. The maximum Gasteiger partial charge on any atom is 0.312 e. The summed E-state index contributed by atoms with van der Waals surface area (Å²) in [6.45, 7) is 2.24. The number of hydrogen-bond acceptors (Lipinski definition) is 6. The predicted molar refractivity (Wildman–Crippen MR) is 73.9 cm³/mol. The lowest BCUT2D eigenvalue weighted by Gasteiger charge is -2.06. The first-order chi connectivity index (χ1) is 9.61. The van der Waals surface area contributed by atoms with E-state index in [-0.39, 0.29) is 17.0 Å². The molecule has 20 heavy (non-hydrogen) atoms. The zero-order chi connectivity index (χ0) is 14.5. The molecule has 0 N–H and O–H groups in total. The highest BCUT2D eigenvalue weighted by Crippen LogP contribution is 2.28. The first kappa shape index (κ1) is 14.0. The van der Waals surface area contributed by atoms with Crippen LogP contribution >= 0.6 is 11.3 Å². The van der Waals surface area contributed by atoms with Crippen LogP contribution < -0.4 is 4.74 Å². The molecule has 0 aliphatic rings. The quantitative estimate of drug-likeness (QED) is 0.623. The molecular formula is C13H11N3O3S. The third-order valence-electron chi connectivity index (χ3n) is 2.72. The van der Waals surface area contributed by atoms with Crippen LogP contribution in [0.15, 0.2) is 23.7 Å². The van der Waals surface area contributed by atoms with Crippen LogP contribution in [0.2, 0.25) is 0 Å². The molecule has 0 atom stereocenters. The Balaban J connectivity index is 2.08. The van der Waals surface area contributed by atoms with Crippen molar-refractivity contribution in [1.29, 1.82) is 5.26 Å². The van der Waals surface area contributed by atoms with E-state index in [0.717, 1.165) is 10.6 Å². The second kappa shape index (κ2) is 6.12. The Hall–Kier alpha value is -2.46. The van der Waals surface area contributed by atoms with Crippen LogP contribution in [-0.2, 0) is 6.42 Å². The van der Waals surface area contributed by atoms with E-state index in [0.29, 0.717) is 13.0 Å². The normalized spacial score (nSPS) is 10.0. The average molecular weight is 289 g/mol. The van der Waals surface area contributed by atoms with Crippen LogP contribution in [0.1, 0.15) is 16.1 Å². The van der Waals surface area contributed by atoms with Crippen LogP contribution in [0.5, 0.6) is 5.75 Å². The molecule has 0 aliphatic heterocycles. The lowest BCUT2D eigenvalue weighted by atomic mass is 10.2. The van der Waals surface area contributed by atoms with Gasteiger partial charge in [-0.25, -0.2) is 4.98 Å². The minimum absolute atomic E-state index is 0.177. The molecule has 0 spiro atoms. The molecule has 0 unspecified atom stereocenters. The van der Waals surface area contributed by atoms with Gasteiger partial charge in [-0.2, -0.15) is 5.26 Å². The van der Waals surface area contributed by atoms with Gasteiger partial charge in [0.2, 0.25) is 0 Å². The van der Waals surface area contributed by atoms with Crippen molar-refractivity contribution in [3.8, 4) is 11.8 Å². The number of aryl methyl sites for hydroxylation is 1. The summed E-state index contributed by atoms with van der Waals surface area (Å²) in [7, 11) is 0. The van der Waals surface area contributed by atoms with Crippen LogP contribution in [0, 0.1) is 28.4 Å². The maximum atomic E-state index is 10.9. The standard InChI is InChI=1S/C13H11N3O3S/c1-9-13(20-8-15-9)4-5-19-12-3-2-10(7-14)6-11(12)16(17)18/h2-3,6,8H,4-5H2,1H3. The summed E-state index contributed by atoms with van der Waals surface area (Å²) >= 11 is 1.53. The van der Waals surface area contributed by atoms with Crippen LogP contribution in [0.3, 0.4) is 0 Å². The number of nitrogens with zero attached hydrogens (tertiary/aromatic N) is 3. The van der Waals surface area contributed by atoms with Crippen molar-refractivity contribution in [2.75, 3.05) is 6.61 Å². The van der Waals surface area contributed by atoms with Gasteiger partial charge in [0.05, 0.1) is 34.4 Å². The SMILES string of the molecule is Cc1ncsc1CCOc1ccc(C#N)cc1[N+](=O)[O-]. The van der Waals surface area contributed by atoms with E-state index in [1.54, 1.807) is 5.51 Å². The van der Waals surface area contributed by atoms with E-state index in [1.165, 1.54) is 29.5 Å². The zero-order valence-corrected chi connectivity index (χ0v) is 11.5. The van der Waals surface area contributed by atoms with Crippen molar-refractivity contribution in [1.82, 2.24) is 4.98 Å². The molecular weight excluding hydrogens is 278 g/mol. The minimum Gasteiger partial charge on any atom is -0.486 e. The lowest BCUT2D eigenvalue weighted by molar-refractivity contribution is -0.385. The molecule has 2 aromatic rings. The Bertz CT molecular complexity index is 676. The van der Waals surface area contributed by atoms with E-state index in [9.17, 15) is 10.1 Å². The number of hydrogen-bond donors (Lipinski definition) is 0. The lowest BCUT2D eigenvalue weighted by Crippen LogP contribution is -2.03. The third kappa shape index (κ3) is 3.10. The minimum atomic E-state index is -0.547. The molecule has 2 rings (SSSR count). The summed E-state index contributed by atoms with van der Waals surface area (Å²) in [5.41, 5.74) is 2.76.